The van der Waals surface area contributed by atoms with E-state index < -0.39 is 11.5 Å². The number of aryl methyl sites for hydroxylation is 2. The van der Waals surface area contributed by atoms with E-state index in [-0.39, 0.29) is 5.76 Å². The molecule has 124 valence electrons. The molecule has 4 rings (SSSR count). The van der Waals surface area contributed by atoms with Gasteiger partial charge >= 0.3 is 5.63 Å². The predicted octanol–water partition coefficient (Wildman–Crippen LogP) is 4.05. The Labute approximate surface area is 145 Å². The van der Waals surface area contributed by atoms with E-state index in [1.165, 1.54) is 17.2 Å². The highest BCUT2D eigenvalue weighted by Crippen LogP contribution is 2.25. The molecule has 4 heteroatoms. The van der Waals surface area contributed by atoms with Crippen molar-refractivity contribution in [1.82, 2.24) is 0 Å². The van der Waals surface area contributed by atoms with E-state index in [1.807, 2.05) is 42.5 Å². The van der Waals surface area contributed by atoms with Gasteiger partial charge in [0.2, 0.25) is 0 Å². The van der Waals surface area contributed by atoms with Crippen LogP contribution in [0.2, 0.25) is 0 Å². The first-order valence-electron chi connectivity index (χ1n) is 8.33. The zero-order valence-electron chi connectivity index (χ0n) is 13.6. The number of fused-ring (bicyclic) bond motifs is 1. The summed E-state index contributed by atoms with van der Waals surface area (Å²) in [5.41, 5.74) is 4.32. The molecule has 1 heterocycles. The topological polar surface area (TPSA) is 59.3 Å². The number of carbonyl (C=O) groups is 1. The molecular formula is C21H17NO3. The van der Waals surface area contributed by atoms with Crippen LogP contribution in [0.15, 0.2) is 69.9 Å². The first kappa shape index (κ1) is 15.4. The number of benzene rings is 2. The predicted molar refractivity (Wildman–Crippen MR) is 96.8 cm³/mol. The standard InChI is InChI=1S/C21H17NO3/c23-20-13-17(14-5-2-1-3-6-14)12-19(25-20)21(24)22-18-10-9-15-7-4-8-16(15)11-18/h1-3,5-6,9-13H,4,7-8H2,(H,22,24). The van der Waals surface area contributed by atoms with Crippen LogP contribution in [0, 0.1) is 0 Å². The average molecular weight is 331 g/mol. The quantitative estimate of drug-likeness (QED) is 0.788. The Balaban J connectivity index is 1.62. The van der Waals surface area contributed by atoms with Crippen LogP contribution in [0.3, 0.4) is 0 Å². The largest absolute Gasteiger partial charge is 0.417 e. The number of rotatable bonds is 3. The zero-order chi connectivity index (χ0) is 17.2. The van der Waals surface area contributed by atoms with Crippen molar-refractivity contribution in [1.29, 1.82) is 0 Å². The van der Waals surface area contributed by atoms with Crippen molar-refractivity contribution in [2.24, 2.45) is 0 Å². The lowest BCUT2D eigenvalue weighted by atomic mass is 10.1. The summed E-state index contributed by atoms with van der Waals surface area (Å²) in [6.07, 6.45) is 3.29. The van der Waals surface area contributed by atoms with Gasteiger partial charge in [-0.25, -0.2) is 4.79 Å². The molecule has 4 nitrogen and oxygen atoms in total. The fourth-order valence-corrected chi connectivity index (χ4v) is 3.23. The number of carbonyl (C=O) groups excluding carboxylic acids is 1. The van der Waals surface area contributed by atoms with Crippen LogP contribution in [-0.2, 0) is 12.8 Å². The van der Waals surface area contributed by atoms with Gasteiger partial charge < -0.3 is 9.73 Å². The van der Waals surface area contributed by atoms with Gasteiger partial charge in [0, 0.05) is 11.8 Å². The van der Waals surface area contributed by atoms with Crippen LogP contribution in [0.1, 0.15) is 28.1 Å². The molecule has 0 spiro atoms. The van der Waals surface area contributed by atoms with Gasteiger partial charge in [-0.05, 0) is 59.7 Å². The summed E-state index contributed by atoms with van der Waals surface area (Å²) in [4.78, 5) is 24.4. The van der Waals surface area contributed by atoms with E-state index in [0.717, 1.165) is 30.5 Å². The Morgan fingerprint density at radius 3 is 2.52 bits per heavy atom. The summed E-state index contributed by atoms with van der Waals surface area (Å²) in [6, 6.07) is 18.4. The van der Waals surface area contributed by atoms with Crippen molar-refractivity contribution in [2.45, 2.75) is 19.3 Å². The number of hydrogen-bond donors (Lipinski definition) is 1. The molecule has 0 atom stereocenters. The lowest BCUT2D eigenvalue weighted by Crippen LogP contribution is -2.15. The molecule has 2 aromatic carbocycles. The first-order valence-corrected chi connectivity index (χ1v) is 8.33. The van der Waals surface area contributed by atoms with E-state index >= 15 is 0 Å². The normalized spacial score (nSPS) is 12.6. The Bertz CT molecular complexity index is 990. The molecule has 3 aromatic rings. The van der Waals surface area contributed by atoms with E-state index in [2.05, 4.69) is 11.4 Å². The number of amides is 1. The number of hydrogen-bond acceptors (Lipinski definition) is 3. The van der Waals surface area contributed by atoms with Crippen LogP contribution < -0.4 is 10.9 Å². The van der Waals surface area contributed by atoms with E-state index in [1.54, 1.807) is 6.07 Å². The summed E-state index contributed by atoms with van der Waals surface area (Å²) in [5.74, 6) is -0.417. The maximum atomic E-state index is 12.5. The fourth-order valence-electron chi connectivity index (χ4n) is 3.23. The van der Waals surface area contributed by atoms with Crippen molar-refractivity contribution in [3.63, 3.8) is 0 Å². The molecule has 0 unspecified atom stereocenters. The third-order valence-corrected chi connectivity index (χ3v) is 4.46. The minimum Gasteiger partial charge on any atom is -0.417 e. The summed E-state index contributed by atoms with van der Waals surface area (Å²) >= 11 is 0. The van der Waals surface area contributed by atoms with E-state index in [0.29, 0.717) is 5.56 Å². The van der Waals surface area contributed by atoms with E-state index in [4.69, 9.17) is 4.42 Å². The molecule has 0 saturated heterocycles. The second-order valence-corrected chi connectivity index (χ2v) is 6.19. The third-order valence-electron chi connectivity index (χ3n) is 4.46. The second kappa shape index (κ2) is 6.40. The lowest BCUT2D eigenvalue weighted by Gasteiger charge is -2.08. The van der Waals surface area contributed by atoms with Gasteiger partial charge in [-0.2, -0.15) is 0 Å². The monoisotopic (exact) mass is 331 g/mol. The van der Waals surface area contributed by atoms with Crippen molar-refractivity contribution in [2.75, 3.05) is 5.32 Å². The molecule has 1 amide bonds. The minimum atomic E-state index is -0.541. The smallest absolute Gasteiger partial charge is 0.336 e. The highest BCUT2D eigenvalue weighted by Gasteiger charge is 2.15. The Morgan fingerprint density at radius 1 is 0.880 bits per heavy atom. The van der Waals surface area contributed by atoms with Crippen molar-refractivity contribution in [3.8, 4) is 11.1 Å². The number of nitrogens with one attached hydrogen (secondary N) is 1. The molecule has 0 aliphatic heterocycles. The summed E-state index contributed by atoms with van der Waals surface area (Å²) in [5, 5.41) is 2.82. The molecule has 0 bridgehead atoms. The number of anilines is 1. The Kier molecular flexibility index (Phi) is 3.94. The Morgan fingerprint density at radius 2 is 1.68 bits per heavy atom. The molecule has 0 radical (unpaired) electrons. The molecule has 1 aliphatic rings. The van der Waals surface area contributed by atoms with Crippen LogP contribution in [0.4, 0.5) is 5.69 Å². The van der Waals surface area contributed by atoms with Gasteiger partial charge in [0.25, 0.3) is 5.91 Å². The summed E-state index contributed by atoms with van der Waals surface area (Å²) in [6.45, 7) is 0. The fraction of sp³-hybridized carbons (Fsp3) is 0.143. The maximum absolute atomic E-state index is 12.5. The highest BCUT2D eigenvalue weighted by molar-refractivity contribution is 6.02. The molecular weight excluding hydrogens is 314 g/mol. The Hall–Kier alpha value is -3.14. The van der Waals surface area contributed by atoms with Crippen LogP contribution in [0.25, 0.3) is 11.1 Å². The second-order valence-electron chi connectivity index (χ2n) is 6.19. The van der Waals surface area contributed by atoms with Gasteiger partial charge in [0.05, 0.1) is 0 Å². The van der Waals surface area contributed by atoms with Gasteiger partial charge in [0.1, 0.15) is 0 Å². The first-order chi connectivity index (χ1) is 12.2. The SMILES string of the molecule is O=C(Nc1ccc2c(c1)CCC2)c1cc(-c2ccccc2)cc(=O)o1. The zero-order valence-corrected chi connectivity index (χ0v) is 13.6. The van der Waals surface area contributed by atoms with Crippen molar-refractivity contribution >= 4 is 11.6 Å². The highest BCUT2D eigenvalue weighted by atomic mass is 16.4. The van der Waals surface area contributed by atoms with Crippen LogP contribution >= 0.6 is 0 Å². The van der Waals surface area contributed by atoms with Crippen molar-refractivity contribution in [3.05, 3.63) is 88.0 Å². The molecule has 1 aromatic heterocycles. The molecule has 1 N–H and O–H groups in total. The van der Waals surface area contributed by atoms with Gasteiger partial charge in [-0.1, -0.05) is 36.4 Å². The van der Waals surface area contributed by atoms with Crippen LogP contribution in [-0.4, -0.2) is 5.91 Å². The minimum absolute atomic E-state index is 0.00634. The van der Waals surface area contributed by atoms with Crippen LogP contribution in [0.5, 0.6) is 0 Å². The molecule has 1 aliphatic carbocycles. The molecule has 0 saturated carbocycles. The van der Waals surface area contributed by atoms with Gasteiger partial charge in [-0.3, -0.25) is 4.79 Å². The van der Waals surface area contributed by atoms with Gasteiger partial charge in [0.15, 0.2) is 5.76 Å². The maximum Gasteiger partial charge on any atom is 0.336 e. The van der Waals surface area contributed by atoms with Crippen molar-refractivity contribution < 1.29 is 9.21 Å². The average Bonchev–Trinajstić information content (AvgIpc) is 3.09. The summed E-state index contributed by atoms with van der Waals surface area (Å²) < 4.78 is 5.10. The van der Waals surface area contributed by atoms with Gasteiger partial charge in [-0.15, -0.1) is 0 Å². The third kappa shape index (κ3) is 3.24. The summed E-state index contributed by atoms with van der Waals surface area (Å²) in [7, 11) is 0. The van der Waals surface area contributed by atoms with E-state index in [9.17, 15) is 9.59 Å². The molecule has 0 fully saturated rings. The molecule has 25 heavy (non-hydrogen) atoms. The lowest BCUT2D eigenvalue weighted by molar-refractivity contribution is 0.0992.